The van der Waals surface area contributed by atoms with Crippen LogP contribution in [0.3, 0.4) is 0 Å². The quantitative estimate of drug-likeness (QED) is 0.844. The first-order valence-corrected chi connectivity index (χ1v) is 7.30. The number of hydrogen-bond acceptors (Lipinski definition) is 2. The van der Waals surface area contributed by atoms with Gasteiger partial charge in [-0.05, 0) is 31.0 Å². The lowest BCUT2D eigenvalue weighted by atomic mass is 10.3. The summed E-state index contributed by atoms with van der Waals surface area (Å²) in [5, 5.41) is 3.29. The number of carbonyl (C=O) groups is 2. The zero-order valence-corrected chi connectivity index (χ0v) is 13.1. The van der Waals surface area contributed by atoms with Crippen LogP contribution < -0.4 is 5.32 Å². The molecule has 0 unspecified atom stereocenters. The van der Waals surface area contributed by atoms with Gasteiger partial charge in [0.05, 0.1) is 10.7 Å². The minimum absolute atomic E-state index is 0.302. The predicted octanol–water partition coefficient (Wildman–Crippen LogP) is 3.58. The number of carbonyl (C=O) groups excluding carboxylic acids is 2. The van der Waals surface area contributed by atoms with Crippen molar-refractivity contribution < 1.29 is 9.59 Å². The first-order valence-electron chi connectivity index (χ1n) is 6.54. The lowest BCUT2D eigenvalue weighted by Crippen LogP contribution is -2.40. The number of anilines is 1. The van der Waals surface area contributed by atoms with Crippen LogP contribution in [0.1, 0.15) is 26.7 Å². The number of benzene rings is 1. The molecule has 110 valence electrons. The molecule has 2 amide bonds. The number of nitrogens with one attached hydrogen (secondary N) is 1. The highest BCUT2D eigenvalue weighted by molar-refractivity contribution is 6.42. The molecule has 0 heterocycles. The van der Waals surface area contributed by atoms with Gasteiger partial charge in [-0.25, -0.2) is 0 Å². The van der Waals surface area contributed by atoms with Crippen molar-refractivity contribution >= 4 is 40.7 Å². The number of nitrogens with zero attached hydrogens (tertiary/aromatic N) is 1. The van der Waals surface area contributed by atoms with Gasteiger partial charge in [-0.2, -0.15) is 0 Å². The van der Waals surface area contributed by atoms with E-state index < -0.39 is 11.8 Å². The van der Waals surface area contributed by atoms with E-state index in [0.717, 1.165) is 12.8 Å². The first-order chi connectivity index (χ1) is 9.49. The molecule has 0 fully saturated rings. The van der Waals surface area contributed by atoms with Gasteiger partial charge >= 0.3 is 11.8 Å². The monoisotopic (exact) mass is 316 g/mol. The summed E-state index contributed by atoms with van der Waals surface area (Å²) in [7, 11) is 0. The van der Waals surface area contributed by atoms with Gasteiger partial charge in [0.15, 0.2) is 0 Å². The predicted molar refractivity (Wildman–Crippen MR) is 82.3 cm³/mol. The van der Waals surface area contributed by atoms with Crippen LogP contribution in [0.2, 0.25) is 10.0 Å². The molecule has 6 heteroatoms. The average Bonchev–Trinajstić information content (AvgIpc) is 2.40. The van der Waals surface area contributed by atoms with E-state index in [1.165, 1.54) is 6.07 Å². The molecule has 1 rings (SSSR count). The van der Waals surface area contributed by atoms with E-state index in [1.807, 2.05) is 13.8 Å². The Morgan fingerprint density at radius 2 is 1.75 bits per heavy atom. The Kier molecular flexibility index (Phi) is 6.82. The molecule has 20 heavy (non-hydrogen) atoms. The minimum Gasteiger partial charge on any atom is -0.334 e. The van der Waals surface area contributed by atoms with Gasteiger partial charge in [-0.3, -0.25) is 9.59 Å². The maximum atomic E-state index is 12.1. The Balaban J connectivity index is 2.76. The molecule has 1 aromatic carbocycles. The number of rotatable bonds is 5. The third-order valence-corrected chi connectivity index (χ3v) is 3.20. The Morgan fingerprint density at radius 1 is 1.15 bits per heavy atom. The number of halogens is 2. The zero-order valence-electron chi connectivity index (χ0n) is 11.6. The summed E-state index contributed by atoms with van der Waals surface area (Å²) >= 11 is 11.7. The zero-order chi connectivity index (χ0) is 15.1. The highest BCUT2D eigenvalue weighted by Gasteiger charge is 2.21. The van der Waals surface area contributed by atoms with Crippen molar-refractivity contribution in [3.8, 4) is 0 Å². The molecule has 0 atom stereocenters. The van der Waals surface area contributed by atoms with Gasteiger partial charge in [-0.15, -0.1) is 0 Å². The normalized spacial score (nSPS) is 10.2. The lowest BCUT2D eigenvalue weighted by Gasteiger charge is -2.20. The van der Waals surface area contributed by atoms with E-state index in [0.29, 0.717) is 28.8 Å². The minimum atomic E-state index is -0.684. The van der Waals surface area contributed by atoms with Gasteiger partial charge in [0.1, 0.15) is 0 Å². The van der Waals surface area contributed by atoms with Crippen LogP contribution in [0.15, 0.2) is 18.2 Å². The van der Waals surface area contributed by atoms with Crippen molar-refractivity contribution in [2.24, 2.45) is 0 Å². The summed E-state index contributed by atoms with van der Waals surface area (Å²) in [6, 6.07) is 4.68. The van der Waals surface area contributed by atoms with Gasteiger partial charge in [0.25, 0.3) is 0 Å². The molecule has 0 aliphatic rings. The van der Waals surface area contributed by atoms with Crippen LogP contribution in [0, 0.1) is 0 Å². The summed E-state index contributed by atoms with van der Waals surface area (Å²) in [6.07, 6.45) is 1.61. The van der Waals surface area contributed by atoms with Crippen LogP contribution in [0.25, 0.3) is 0 Å². The first kappa shape index (κ1) is 16.8. The van der Waals surface area contributed by atoms with Gasteiger partial charge in [0, 0.05) is 18.1 Å². The van der Waals surface area contributed by atoms with Crippen LogP contribution in [-0.2, 0) is 9.59 Å². The Hall–Kier alpha value is -1.26. The van der Waals surface area contributed by atoms with Crippen molar-refractivity contribution in [3.05, 3.63) is 28.2 Å². The molecule has 0 saturated heterocycles. The third-order valence-electron chi connectivity index (χ3n) is 2.65. The molecular formula is C14H18Cl2N2O2. The Labute approximate surface area is 129 Å². The van der Waals surface area contributed by atoms with Crippen LogP contribution in [-0.4, -0.2) is 29.8 Å². The van der Waals surface area contributed by atoms with Crippen LogP contribution in [0.4, 0.5) is 5.69 Å². The molecule has 0 radical (unpaired) electrons. The van der Waals surface area contributed by atoms with Crippen molar-refractivity contribution in [1.82, 2.24) is 4.90 Å². The molecule has 0 aromatic heterocycles. The molecular weight excluding hydrogens is 299 g/mol. The second kappa shape index (κ2) is 8.12. The van der Waals surface area contributed by atoms with Crippen molar-refractivity contribution in [2.45, 2.75) is 26.7 Å². The van der Waals surface area contributed by atoms with E-state index in [2.05, 4.69) is 5.32 Å². The second-order valence-electron chi connectivity index (χ2n) is 4.37. The van der Waals surface area contributed by atoms with E-state index in [9.17, 15) is 9.59 Å². The van der Waals surface area contributed by atoms with Gasteiger partial charge < -0.3 is 10.2 Å². The van der Waals surface area contributed by atoms with Crippen molar-refractivity contribution in [2.75, 3.05) is 18.4 Å². The van der Waals surface area contributed by atoms with E-state index >= 15 is 0 Å². The topological polar surface area (TPSA) is 49.4 Å². The maximum Gasteiger partial charge on any atom is 0.313 e. The lowest BCUT2D eigenvalue weighted by molar-refractivity contribution is -0.143. The van der Waals surface area contributed by atoms with E-state index in [-0.39, 0.29) is 0 Å². The van der Waals surface area contributed by atoms with Crippen molar-refractivity contribution in [3.63, 3.8) is 0 Å². The highest BCUT2D eigenvalue weighted by atomic mass is 35.5. The number of hydrogen-bond donors (Lipinski definition) is 1. The molecule has 0 aliphatic carbocycles. The smallest absolute Gasteiger partial charge is 0.313 e. The van der Waals surface area contributed by atoms with Crippen LogP contribution in [0.5, 0.6) is 0 Å². The summed E-state index contributed by atoms with van der Waals surface area (Å²) in [5.74, 6) is -1.23. The van der Waals surface area contributed by atoms with E-state index in [1.54, 1.807) is 17.0 Å². The standard InChI is InChI=1S/C14H18Cl2N2O2/c1-3-7-18(8-4-2)14(20)13(19)17-12-6-5-10(15)9-11(12)16/h5-6,9H,3-4,7-8H2,1-2H3,(H,17,19). The third kappa shape index (κ3) is 4.69. The van der Waals surface area contributed by atoms with Crippen molar-refractivity contribution in [1.29, 1.82) is 0 Å². The summed E-state index contributed by atoms with van der Waals surface area (Å²) < 4.78 is 0. The largest absolute Gasteiger partial charge is 0.334 e. The molecule has 0 spiro atoms. The number of amides is 2. The van der Waals surface area contributed by atoms with Gasteiger partial charge in [-0.1, -0.05) is 37.0 Å². The fraction of sp³-hybridized carbons (Fsp3) is 0.429. The summed E-state index contributed by atoms with van der Waals surface area (Å²) in [4.78, 5) is 25.5. The Bertz CT molecular complexity index is 486. The maximum absolute atomic E-state index is 12.1. The molecule has 4 nitrogen and oxygen atoms in total. The average molecular weight is 317 g/mol. The van der Waals surface area contributed by atoms with E-state index in [4.69, 9.17) is 23.2 Å². The fourth-order valence-electron chi connectivity index (χ4n) is 1.76. The highest BCUT2D eigenvalue weighted by Crippen LogP contribution is 2.25. The summed E-state index contributed by atoms with van der Waals surface area (Å²) in [5.41, 5.74) is 0.377. The van der Waals surface area contributed by atoms with Gasteiger partial charge in [0.2, 0.25) is 0 Å². The fourth-order valence-corrected chi connectivity index (χ4v) is 2.22. The molecule has 1 N–H and O–H groups in total. The molecule has 1 aromatic rings. The molecule has 0 saturated carbocycles. The van der Waals surface area contributed by atoms with Crippen LogP contribution >= 0.6 is 23.2 Å². The summed E-state index contributed by atoms with van der Waals surface area (Å²) in [6.45, 7) is 5.05. The SMILES string of the molecule is CCCN(CCC)C(=O)C(=O)Nc1ccc(Cl)cc1Cl. The molecule has 0 bridgehead atoms. The second-order valence-corrected chi connectivity index (χ2v) is 5.21. The molecule has 0 aliphatic heterocycles. The Morgan fingerprint density at radius 3 is 2.25 bits per heavy atom.